The summed E-state index contributed by atoms with van der Waals surface area (Å²) < 4.78 is 30.5. The molecule has 3 aliphatic heterocycles. The van der Waals surface area contributed by atoms with Crippen molar-refractivity contribution in [1.82, 2.24) is 14.7 Å². The molecule has 3 heterocycles. The summed E-state index contributed by atoms with van der Waals surface area (Å²) in [5.41, 5.74) is -0.746. The zero-order valence-electron chi connectivity index (χ0n) is 31.2. The van der Waals surface area contributed by atoms with Crippen molar-refractivity contribution in [2.75, 3.05) is 46.0 Å². The quantitative estimate of drug-likeness (QED) is 0.103. The number of alkyl halides is 1. The van der Waals surface area contributed by atoms with Crippen molar-refractivity contribution in [1.29, 1.82) is 0 Å². The van der Waals surface area contributed by atoms with Crippen LogP contribution in [0.5, 0.6) is 0 Å². The van der Waals surface area contributed by atoms with Gasteiger partial charge in [-0.05, 0) is 64.0 Å². The van der Waals surface area contributed by atoms with Crippen LogP contribution in [0.3, 0.4) is 0 Å². The second-order valence-corrected chi connectivity index (χ2v) is 15.4. The lowest BCUT2D eigenvalue weighted by molar-refractivity contribution is -0.151. The second kappa shape index (κ2) is 19.8. The van der Waals surface area contributed by atoms with E-state index in [0.29, 0.717) is 32.1 Å². The maximum Gasteiger partial charge on any atom is 0.410 e. The predicted molar refractivity (Wildman–Crippen MR) is 193 cm³/mol. The number of aliphatic hydroxyl groups is 2. The molecule has 0 bridgehead atoms. The van der Waals surface area contributed by atoms with E-state index >= 15 is 0 Å². The number of aliphatic hydroxyl groups excluding tert-OH is 1. The molecule has 2 saturated heterocycles. The Bertz CT molecular complexity index is 1220. The van der Waals surface area contributed by atoms with E-state index in [0.717, 1.165) is 25.1 Å². The van der Waals surface area contributed by atoms with Crippen molar-refractivity contribution in [3.8, 4) is 0 Å². The molecule has 4 aliphatic rings. The molecule has 0 aromatic carbocycles. The first-order valence-electron chi connectivity index (χ1n) is 19.2. The van der Waals surface area contributed by atoms with E-state index in [-0.39, 0.29) is 37.7 Å². The van der Waals surface area contributed by atoms with Crippen molar-refractivity contribution in [3.63, 3.8) is 0 Å². The Kier molecular flexibility index (Phi) is 15.8. The van der Waals surface area contributed by atoms with E-state index in [1.54, 1.807) is 24.0 Å². The Morgan fingerprint density at radius 3 is 2.43 bits per heavy atom. The predicted octanol–water partition coefficient (Wildman–Crippen LogP) is 5.94. The molecule has 1 saturated carbocycles. The standard InChI is InChI=1S/C39H62FN3O8/c1-28(27-49-38(47)43-20-10-15-32(43)26-40)11-9-12-29(2)36-30(3)16-17-34(39(4,48)19-18-33(44)25-35(45)51-36)50-37(46)42-23-21-41(22-24-42)31-13-7-5-6-8-14-31/h9,11-12,16-17,28,30-34,36,44,48H,5-8,10,13-15,18-27H2,1-4H3/b11-9+,17-16+,29-12+/t28-,30+,32+,33-,34+,36-,39-/m1/s1. The minimum absolute atomic E-state index is 0.114. The van der Waals surface area contributed by atoms with E-state index in [1.807, 2.05) is 39.0 Å². The van der Waals surface area contributed by atoms with E-state index in [9.17, 15) is 29.0 Å². The number of carbonyl (C=O) groups is 3. The zero-order chi connectivity index (χ0) is 37.0. The average Bonchev–Trinajstić information content (AvgIpc) is 3.43. The number of piperazine rings is 1. The van der Waals surface area contributed by atoms with Gasteiger partial charge >= 0.3 is 18.2 Å². The van der Waals surface area contributed by atoms with Gasteiger partial charge in [0.1, 0.15) is 18.4 Å². The van der Waals surface area contributed by atoms with Gasteiger partial charge in [0.25, 0.3) is 0 Å². The topological polar surface area (TPSA) is 129 Å². The fourth-order valence-corrected chi connectivity index (χ4v) is 7.60. The molecule has 3 fully saturated rings. The number of hydrogen-bond acceptors (Lipinski definition) is 9. The van der Waals surface area contributed by atoms with Crippen LogP contribution < -0.4 is 0 Å². The molecule has 2 amide bonds. The fourth-order valence-electron chi connectivity index (χ4n) is 7.60. The average molecular weight is 720 g/mol. The van der Waals surface area contributed by atoms with Crippen molar-refractivity contribution in [2.24, 2.45) is 11.8 Å². The summed E-state index contributed by atoms with van der Waals surface area (Å²) in [5.74, 6) is -1.03. The molecule has 288 valence electrons. The molecule has 0 radical (unpaired) electrons. The lowest BCUT2D eigenvalue weighted by atomic mass is 9.89. The lowest BCUT2D eigenvalue weighted by Crippen LogP contribution is -2.53. The van der Waals surface area contributed by atoms with Crippen LogP contribution in [0.25, 0.3) is 0 Å². The molecular formula is C39H62FN3O8. The van der Waals surface area contributed by atoms with Gasteiger partial charge in [0.05, 0.1) is 25.2 Å². The number of likely N-dealkylation sites (tertiary alicyclic amines) is 1. The number of halogens is 1. The summed E-state index contributed by atoms with van der Waals surface area (Å²) in [6, 6.07) is 0.165. The Balaban J connectivity index is 1.39. The maximum absolute atomic E-state index is 13.4. The van der Waals surface area contributed by atoms with Crippen LogP contribution in [0.15, 0.2) is 36.0 Å². The number of allylic oxidation sites excluding steroid dienone is 2. The van der Waals surface area contributed by atoms with Gasteiger partial charge in [-0.25, -0.2) is 14.0 Å². The smallest absolute Gasteiger partial charge is 0.410 e. The molecule has 0 aromatic rings. The summed E-state index contributed by atoms with van der Waals surface area (Å²) >= 11 is 0. The third-order valence-electron chi connectivity index (χ3n) is 11.0. The summed E-state index contributed by atoms with van der Waals surface area (Å²) in [7, 11) is 0. The summed E-state index contributed by atoms with van der Waals surface area (Å²) in [6.07, 6.45) is 14.3. The first kappa shape index (κ1) is 40.8. The normalized spacial score (nSPS) is 32.4. The Labute approximate surface area is 303 Å². The number of nitrogens with zero attached hydrogens (tertiary/aromatic N) is 3. The molecule has 0 aromatic heterocycles. The van der Waals surface area contributed by atoms with Gasteiger partial charge in [-0.2, -0.15) is 0 Å². The number of esters is 1. The molecule has 0 unspecified atom stereocenters. The summed E-state index contributed by atoms with van der Waals surface area (Å²) in [5, 5.41) is 22.2. The Morgan fingerprint density at radius 1 is 1.04 bits per heavy atom. The van der Waals surface area contributed by atoms with Crippen LogP contribution in [-0.2, 0) is 19.0 Å². The fraction of sp³-hybridized carbons (Fsp3) is 0.769. The van der Waals surface area contributed by atoms with Crippen molar-refractivity contribution in [2.45, 2.75) is 134 Å². The van der Waals surface area contributed by atoms with Crippen LogP contribution in [0, 0.1) is 11.8 Å². The first-order chi connectivity index (χ1) is 24.4. The highest BCUT2D eigenvalue weighted by Gasteiger charge is 2.37. The second-order valence-electron chi connectivity index (χ2n) is 15.4. The van der Waals surface area contributed by atoms with Crippen LogP contribution in [0.1, 0.15) is 98.3 Å². The number of rotatable bonds is 8. The third kappa shape index (κ3) is 12.3. The highest BCUT2D eigenvalue weighted by molar-refractivity contribution is 5.70. The third-order valence-corrected chi connectivity index (χ3v) is 11.0. The molecule has 1 aliphatic carbocycles. The van der Waals surface area contributed by atoms with Crippen LogP contribution in [0.4, 0.5) is 14.0 Å². The van der Waals surface area contributed by atoms with Gasteiger partial charge < -0.3 is 34.2 Å². The van der Waals surface area contributed by atoms with Gasteiger partial charge in [-0.3, -0.25) is 9.69 Å². The molecule has 7 atom stereocenters. The monoisotopic (exact) mass is 719 g/mol. The zero-order valence-corrected chi connectivity index (χ0v) is 31.2. The van der Waals surface area contributed by atoms with Crippen molar-refractivity contribution in [3.05, 3.63) is 36.0 Å². The number of carbonyl (C=O) groups excluding carboxylic acids is 3. The highest BCUT2D eigenvalue weighted by atomic mass is 19.1. The minimum atomic E-state index is -1.48. The Morgan fingerprint density at radius 2 is 1.75 bits per heavy atom. The van der Waals surface area contributed by atoms with Gasteiger partial charge in [-0.15, -0.1) is 0 Å². The number of hydrogen-bond donors (Lipinski definition) is 2. The van der Waals surface area contributed by atoms with E-state index in [4.69, 9.17) is 14.2 Å². The van der Waals surface area contributed by atoms with Crippen LogP contribution >= 0.6 is 0 Å². The Hall–Kier alpha value is -2.96. The molecule has 4 rings (SSSR count). The van der Waals surface area contributed by atoms with E-state index in [2.05, 4.69) is 4.90 Å². The molecule has 12 heteroatoms. The lowest BCUT2D eigenvalue weighted by Gasteiger charge is -2.40. The highest BCUT2D eigenvalue weighted by Crippen LogP contribution is 2.28. The SMILES string of the molecule is C/C(=C\C=C\[C@@H](C)COC(=O)N1CCC[C@H]1CF)[C@H]1OC(=O)C[C@H](O)CC[C@@](C)(O)[C@@H](OC(=O)N2CCN(C3CCCCCC3)CC2)/C=C/[C@@H]1C. The van der Waals surface area contributed by atoms with E-state index in [1.165, 1.54) is 43.4 Å². The summed E-state index contributed by atoms with van der Waals surface area (Å²) in [4.78, 5) is 44.4. The molecular weight excluding hydrogens is 657 g/mol. The van der Waals surface area contributed by atoms with Crippen molar-refractivity contribution < 1.29 is 43.2 Å². The van der Waals surface area contributed by atoms with Gasteiger partial charge in [0.15, 0.2) is 6.10 Å². The minimum Gasteiger partial charge on any atom is -0.457 e. The van der Waals surface area contributed by atoms with Crippen LogP contribution in [0.2, 0.25) is 0 Å². The van der Waals surface area contributed by atoms with Crippen molar-refractivity contribution >= 4 is 18.2 Å². The number of cyclic esters (lactones) is 1. The number of amides is 2. The first-order valence-corrected chi connectivity index (χ1v) is 19.2. The largest absolute Gasteiger partial charge is 0.457 e. The van der Waals surface area contributed by atoms with Gasteiger partial charge in [0.2, 0.25) is 0 Å². The molecule has 11 nitrogen and oxygen atoms in total. The van der Waals surface area contributed by atoms with E-state index < -0.39 is 54.8 Å². The van der Waals surface area contributed by atoms with Gasteiger partial charge in [-0.1, -0.05) is 63.8 Å². The van der Waals surface area contributed by atoms with Crippen LogP contribution in [-0.4, -0.2) is 125 Å². The van der Waals surface area contributed by atoms with Gasteiger partial charge in [0, 0.05) is 50.6 Å². The molecule has 51 heavy (non-hydrogen) atoms. The summed E-state index contributed by atoms with van der Waals surface area (Å²) in [6.45, 7) is 10.0. The molecule has 2 N–H and O–H groups in total. The molecule has 0 spiro atoms. The number of ether oxygens (including phenoxy) is 3. The maximum atomic E-state index is 13.4.